The fraction of sp³-hybridized carbons (Fsp3) is 0.250. The monoisotopic (exact) mass is 202 g/mol. The topological polar surface area (TPSA) is 38.0 Å². The van der Waals surface area contributed by atoms with Crippen LogP contribution in [-0.4, -0.2) is 14.9 Å². The van der Waals surface area contributed by atoms with E-state index < -0.39 is 5.60 Å². The Balaban J connectivity index is 2.20. The lowest BCUT2D eigenvalue weighted by molar-refractivity contribution is 0.0346. The molecule has 78 valence electrons. The highest BCUT2D eigenvalue weighted by molar-refractivity contribution is 5.21. The fourth-order valence-electron chi connectivity index (χ4n) is 1.60. The van der Waals surface area contributed by atoms with Gasteiger partial charge >= 0.3 is 0 Å². The van der Waals surface area contributed by atoms with E-state index in [1.165, 1.54) is 0 Å². The average molecular weight is 202 g/mol. The quantitative estimate of drug-likeness (QED) is 0.824. The van der Waals surface area contributed by atoms with Crippen LogP contribution in [-0.2, 0) is 12.1 Å². The fourth-order valence-corrected chi connectivity index (χ4v) is 1.60. The molecule has 0 aliphatic heterocycles. The van der Waals surface area contributed by atoms with Gasteiger partial charge in [-0.05, 0) is 18.6 Å². The molecule has 1 N–H and O–H groups in total. The van der Waals surface area contributed by atoms with Crippen LogP contribution in [0.25, 0.3) is 0 Å². The Hall–Kier alpha value is -1.61. The van der Waals surface area contributed by atoms with Gasteiger partial charge in [-0.1, -0.05) is 30.3 Å². The third-order valence-corrected chi connectivity index (χ3v) is 2.42. The second-order valence-electron chi connectivity index (χ2n) is 3.84. The molecule has 0 aliphatic carbocycles. The van der Waals surface area contributed by atoms with Crippen molar-refractivity contribution >= 4 is 0 Å². The Kier molecular flexibility index (Phi) is 2.56. The van der Waals surface area contributed by atoms with E-state index in [0.29, 0.717) is 6.54 Å². The van der Waals surface area contributed by atoms with Crippen molar-refractivity contribution in [3.05, 3.63) is 54.4 Å². The van der Waals surface area contributed by atoms with Gasteiger partial charge in [0.05, 0.1) is 6.54 Å². The van der Waals surface area contributed by atoms with Gasteiger partial charge in [-0.3, -0.25) is 4.68 Å². The molecule has 1 aromatic carbocycles. The first-order chi connectivity index (χ1) is 7.18. The molecule has 1 aromatic heterocycles. The van der Waals surface area contributed by atoms with E-state index >= 15 is 0 Å². The van der Waals surface area contributed by atoms with Gasteiger partial charge in [0.25, 0.3) is 0 Å². The highest BCUT2D eigenvalue weighted by atomic mass is 16.3. The van der Waals surface area contributed by atoms with Gasteiger partial charge < -0.3 is 5.11 Å². The second-order valence-corrected chi connectivity index (χ2v) is 3.84. The van der Waals surface area contributed by atoms with Crippen molar-refractivity contribution in [2.75, 3.05) is 0 Å². The normalized spacial score (nSPS) is 14.8. The van der Waals surface area contributed by atoms with Crippen molar-refractivity contribution in [2.24, 2.45) is 0 Å². The molecular weight excluding hydrogens is 188 g/mol. The van der Waals surface area contributed by atoms with Crippen LogP contribution in [0.4, 0.5) is 0 Å². The van der Waals surface area contributed by atoms with Crippen LogP contribution in [0.5, 0.6) is 0 Å². The van der Waals surface area contributed by atoms with Gasteiger partial charge in [-0.15, -0.1) is 0 Å². The van der Waals surface area contributed by atoms with Gasteiger partial charge in [0.1, 0.15) is 5.60 Å². The lowest BCUT2D eigenvalue weighted by Crippen LogP contribution is -2.27. The van der Waals surface area contributed by atoms with Crippen LogP contribution < -0.4 is 0 Å². The summed E-state index contributed by atoms with van der Waals surface area (Å²) in [6.07, 6.45) is 3.55. The van der Waals surface area contributed by atoms with Crippen LogP contribution in [0.2, 0.25) is 0 Å². The molecule has 1 atom stereocenters. The zero-order valence-electron chi connectivity index (χ0n) is 8.67. The van der Waals surface area contributed by atoms with Gasteiger partial charge in [0, 0.05) is 12.4 Å². The van der Waals surface area contributed by atoms with Crippen LogP contribution >= 0.6 is 0 Å². The molecule has 3 nitrogen and oxygen atoms in total. The third-order valence-electron chi connectivity index (χ3n) is 2.42. The molecule has 0 fully saturated rings. The van der Waals surface area contributed by atoms with Crippen LogP contribution in [0.1, 0.15) is 12.5 Å². The number of nitrogens with zero attached hydrogens (tertiary/aromatic N) is 2. The van der Waals surface area contributed by atoms with E-state index in [1.807, 2.05) is 42.6 Å². The molecule has 0 saturated heterocycles. The largest absolute Gasteiger partial charge is 0.384 e. The summed E-state index contributed by atoms with van der Waals surface area (Å²) >= 11 is 0. The number of hydrogen-bond donors (Lipinski definition) is 1. The summed E-state index contributed by atoms with van der Waals surface area (Å²) in [4.78, 5) is 0. The molecule has 3 heteroatoms. The molecule has 2 aromatic rings. The van der Waals surface area contributed by atoms with E-state index in [4.69, 9.17) is 0 Å². The molecule has 0 spiro atoms. The summed E-state index contributed by atoms with van der Waals surface area (Å²) in [5, 5.41) is 14.4. The van der Waals surface area contributed by atoms with E-state index in [9.17, 15) is 5.11 Å². The van der Waals surface area contributed by atoms with Crippen molar-refractivity contribution in [3.8, 4) is 0 Å². The molecule has 0 saturated carbocycles. The molecule has 0 amide bonds. The lowest BCUT2D eigenvalue weighted by Gasteiger charge is -2.23. The second kappa shape index (κ2) is 3.87. The van der Waals surface area contributed by atoms with Crippen molar-refractivity contribution in [1.82, 2.24) is 9.78 Å². The Bertz CT molecular complexity index is 406. The van der Waals surface area contributed by atoms with Gasteiger partial charge in [0.15, 0.2) is 0 Å². The zero-order chi connectivity index (χ0) is 10.7. The summed E-state index contributed by atoms with van der Waals surface area (Å²) in [7, 11) is 0. The maximum Gasteiger partial charge on any atom is 0.106 e. The highest BCUT2D eigenvalue weighted by Crippen LogP contribution is 2.21. The third kappa shape index (κ3) is 2.25. The number of aromatic nitrogens is 2. The van der Waals surface area contributed by atoms with Gasteiger partial charge in [0.2, 0.25) is 0 Å². The number of hydrogen-bond acceptors (Lipinski definition) is 2. The Labute approximate surface area is 89.0 Å². The summed E-state index contributed by atoms with van der Waals surface area (Å²) < 4.78 is 1.73. The predicted octanol–water partition coefficient (Wildman–Crippen LogP) is 1.79. The van der Waals surface area contributed by atoms with Crippen LogP contribution in [0.15, 0.2) is 48.8 Å². The summed E-state index contributed by atoms with van der Waals surface area (Å²) in [6, 6.07) is 11.5. The maximum atomic E-state index is 10.3. The van der Waals surface area contributed by atoms with E-state index in [-0.39, 0.29) is 0 Å². The first-order valence-electron chi connectivity index (χ1n) is 4.94. The molecule has 2 rings (SSSR count). The molecule has 1 unspecified atom stereocenters. The molecule has 0 bridgehead atoms. The number of benzene rings is 1. The van der Waals surface area contributed by atoms with Gasteiger partial charge in [-0.25, -0.2) is 0 Å². The van der Waals surface area contributed by atoms with E-state index in [0.717, 1.165) is 5.56 Å². The molecular formula is C12H14N2O. The Morgan fingerprint density at radius 1 is 1.27 bits per heavy atom. The minimum atomic E-state index is -0.882. The first kappa shape index (κ1) is 9.93. The van der Waals surface area contributed by atoms with Crippen molar-refractivity contribution in [2.45, 2.75) is 19.1 Å². The highest BCUT2D eigenvalue weighted by Gasteiger charge is 2.23. The minimum Gasteiger partial charge on any atom is -0.384 e. The van der Waals surface area contributed by atoms with E-state index in [1.54, 1.807) is 17.8 Å². The van der Waals surface area contributed by atoms with Gasteiger partial charge in [-0.2, -0.15) is 5.10 Å². The number of rotatable bonds is 3. The molecule has 15 heavy (non-hydrogen) atoms. The zero-order valence-corrected chi connectivity index (χ0v) is 8.67. The summed E-state index contributed by atoms with van der Waals surface area (Å²) in [5.74, 6) is 0. The van der Waals surface area contributed by atoms with Crippen molar-refractivity contribution in [3.63, 3.8) is 0 Å². The summed E-state index contributed by atoms with van der Waals surface area (Å²) in [5.41, 5.74) is 0.0216. The van der Waals surface area contributed by atoms with E-state index in [2.05, 4.69) is 5.10 Å². The predicted molar refractivity (Wildman–Crippen MR) is 58.2 cm³/mol. The standard InChI is InChI=1S/C12H14N2O/c1-12(15,10-14-9-5-8-13-14)11-6-3-2-4-7-11/h2-9,15H,10H2,1H3. The molecule has 0 radical (unpaired) electrons. The lowest BCUT2D eigenvalue weighted by atomic mass is 9.96. The van der Waals surface area contributed by atoms with Crippen molar-refractivity contribution in [1.29, 1.82) is 0 Å². The maximum absolute atomic E-state index is 10.3. The summed E-state index contributed by atoms with van der Waals surface area (Å²) in [6.45, 7) is 2.26. The van der Waals surface area contributed by atoms with Crippen LogP contribution in [0.3, 0.4) is 0 Å². The van der Waals surface area contributed by atoms with Crippen molar-refractivity contribution < 1.29 is 5.11 Å². The Morgan fingerprint density at radius 2 is 2.00 bits per heavy atom. The first-order valence-corrected chi connectivity index (χ1v) is 4.94. The smallest absolute Gasteiger partial charge is 0.106 e. The SMILES string of the molecule is CC(O)(Cn1cccn1)c1ccccc1. The molecule has 0 aliphatic rings. The Morgan fingerprint density at radius 3 is 2.60 bits per heavy atom. The van der Waals surface area contributed by atoms with Crippen LogP contribution in [0, 0.1) is 0 Å². The average Bonchev–Trinajstić information content (AvgIpc) is 2.71. The molecule has 1 heterocycles. The minimum absolute atomic E-state index is 0.462. The number of aliphatic hydroxyl groups is 1.